The van der Waals surface area contributed by atoms with Gasteiger partial charge in [0.25, 0.3) is 0 Å². The van der Waals surface area contributed by atoms with Crippen molar-refractivity contribution in [1.82, 2.24) is 15.6 Å². The number of aromatic nitrogens is 1. The summed E-state index contributed by atoms with van der Waals surface area (Å²) >= 11 is 0. The first-order valence-electron chi connectivity index (χ1n) is 8.96. The van der Waals surface area contributed by atoms with Gasteiger partial charge < -0.3 is 29.6 Å². The third-order valence-electron chi connectivity index (χ3n) is 3.92. The molecule has 160 valence electrons. The molecule has 1 aromatic heterocycles. The van der Waals surface area contributed by atoms with Gasteiger partial charge in [-0.2, -0.15) is 0 Å². The van der Waals surface area contributed by atoms with Crippen molar-refractivity contribution >= 4 is 29.9 Å². The van der Waals surface area contributed by atoms with Gasteiger partial charge in [-0.3, -0.25) is 0 Å². The van der Waals surface area contributed by atoms with Crippen molar-refractivity contribution in [2.75, 3.05) is 35.0 Å². The van der Waals surface area contributed by atoms with Crippen LogP contribution in [-0.2, 0) is 13.1 Å². The zero-order valence-corrected chi connectivity index (χ0v) is 19.8. The SMILES string of the molecule is CCNC(=NCc1cc(OC)c(OC)c(OC)c1)NCc1cccc(OC)n1.I. The number of aliphatic imine (C=N–C) groups is 1. The van der Waals surface area contributed by atoms with Crippen molar-refractivity contribution in [3.8, 4) is 23.1 Å². The van der Waals surface area contributed by atoms with Crippen molar-refractivity contribution < 1.29 is 18.9 Å². The van der Waals surface area contributed by atoms with Gasteiger partial charge in [0.15, 0.2) is 17.5 Å². The van der Waals surface area contributed by atoms with Gasteiger partial charge in [-0.05, 0) is 30.7 Å². The maximum atomic E-state index is 5.40. The number of benzene rings is 1. The predicted molar refractivity (Wildman–Crippen MR) is 124 cm³/mol. The maximum absolute atomic E-state index is 5.40. The second kappa shape index (κ2) is 12.9. The Hall–Kier alpha value is -2.43. The molecule has 0 spiro atoms. The molecule has 0 saturated carbocycles. The normalized spacial score (nSPS) is 10.6. The number of nitrogens with zero attached hydrogens (tertiary/aromatic N) is 2. The van der Waals surface area contributed by atoms with Crippen LogP contribution in [0.5, 0.6) is 23.1 Å². The lowest BCUT2D eigenvalue weighted by atomic mass is 10.2. The van der Waals surface area contributed by atoms with Crippen LogP contribution in [-0.4, -0.2) is 45.9 Å². The second-order valence-electron chi connectivity index (χ2n) is 5.75. The molecule has 2 rings (SSSR count). The van der Waals surface area contributed by atoms with Gasteiger partial charge in [-0.1, -0.05) is 6.07 Å². The quantitative estimate of drug-likeness (QED) is 0.301. The molecule has 0 aliphatic heterocycles. The number of halogens is 1. The fraction of sp³-hybridized carbons (Fsp3) is 0.400. The minimum absolute atomic E-state index is 0. The van der Waals surface area contributed by atoms with E-state index in [1.807, 2.05) is 37.3 Å². The standard InChI is InChI=1S/C20H28N4O4.HI/c1-6-21-20(23-13-15-8-7-9-18(24-15)27-4)22-12-14-10-16(25-2)19(28-5)17(11-14)26-3;/h7-11H,6,12-13H2,1-5H3,(H2,21,22,23);1H. The molecule has 1 aromatic carbocycles. The van der Waals surface area contributed by atoms with Crippen molar-refractivity contribution in [2.24, 2.45) is 4.99 Å². The Balaban J connectivity index is 0.00000420. The van der Waals surface area contributed by atoms with E-state index in [1.165, 1.54) is 0 Å². The minimum Gasteiger partial charge on any atom is -0.493 e. The number of methoxy groups -OCH3 is 4. The van der Waals surface area contributed by atoms with Gasteiger partial charge in [-0.25, -0.2) is 9.98 Å². The van der Waals surface area contributed by atoms with E-state index >= 15 is 0 Å². The first-order chi connectivity index (χ1) is 13.6. The summed E-state index contributed by atoms with van der Waals surface area (Å²) in [6, 6.07) is 9.42. The highest BCUT2D eigenvalue weighted by molar-refractivity contribution is 14.0. The first-order valence-corrected chi connectivity index (χ1v) is 8.96. The second-order valence-corrected chi connectivity index (χ2v) is 5.75. The molecule has 0 aliphatic rings. The molecular formula is C20H29IN4O4. The molecule has 2 aromatic rings. The maximum Gasteiger partial charge on any atom is 0.213 e. The van der Waals surface area contributed by atoms with E-state index in [1.54, 1.807) is 28.4 Å². The van der Waals surface area contributed by atoms with Crippen LogP contribution in [0.15, 0.2) is 35.3 Å². The van der Waals surface area contributed by atoms with Gasteiger partial charge in [-0.15, -0.1) is 24.0 Å². The van der Waals surface area contributed by atoms with E-state index in [-0.39, 0.29) is 24.0 Å². The van der Waals surface area contributed by atoms with Crippen LogP contribution in [0.2, 0.25) is 0 Å². The Morgan fingerprint density at radius 1 is 0.966 bits per heavy atom. The summed E-state index contributed by atoms with van der Waals surface area (Å²) in [7, 11) is 6.37. The molecule has 0 aliphatic carbocycles. The highest BCUT2D eigenvalue weighted by atomic mass is 127. The topological polar surface area (TPSA) is 86.2 Å². The van der Waals surface area contributed by atoms with Gasteiger partial charge in [0, 0.05) is 12.6 Å². The molecule has 0 atom stereocenters. The highest BCUT2D eigenvalue weighted by Crippen LogP contribution is 2.38. The van der Waals surface area contributed by atoms with Crippen molar-refractivity contribution in [3.63, 3.8) is 0 Å². The molecule has 0 bridgehead atoms. The van der Waals surface area contributed by atoms with E-state index < -0.39 is 0 Å². The molecule has 29 heavy (non-hydrogen) atoms. The predicted octanol–water partition coefficient (Wildman–Crippen LogP) is 2.99. The summed E-state index contributed by atoms with van der Waals surface area (Å²) in [5, 5.41) is 6.50. The van der Waals surface area contributed by atoms with Gasteiger partial charge in [0.05, 0.1) is 47.2 Å². The van der Waals surface area contributed by atoms with Gasteiger partial charge in [0.2, 0.25) is 11.6 Å². The average Bonchev–Trinajstić information content (AvgIpc) is 2.74. The third-order valence-corrected chi connectivity index (χ3v) is 3.92. The molecule has 0 amide bonds. The number of rotatable bonds is 9. The number of hydrogen-bond acceptors (Lipinski definition) is 6. The number of pyridine rings is 1. The summed E-state index contributed by atoms with van der Waals surface area (Å²) in [6.07, 6.45) is 0. The average molecular weight is 516 g/mol. The number of hydrogen-bond donors (Lipinski definition) is 2. The number of guanidine groups is 1. The van der Waals surface area contributed by atoms with E-state index in [9.17, 15) is 0 Å². The summed E-state index contributed by atoms with van der Waals surface area (Å²) in [5.74, 6) is 3.03. The van der Waals surface area contributed by atoms with Crippen LogP contribution in [0.3, 0.4) is 0 Å². The zero-order chi connectivity index (χ0) is 20.4. The molecule has 0 unspecified atom stereocenters. The van der Waals surface area contributed by atoms with E-state index in [0.29, 0.717) is 42.2 Å². The van der Waals surface area contributed by atoms with E-state index in [4.69, 9.17) is 18.9 Å². The lowest BCUT2D eigenvalue weighted by molar-refractivity contribution is 0.324. The summed E-state index contributed by atoms with van der Waals surface area (Å²) in [5.41, 5.74) is 1.80. The smallest absolute Gasteiger partial charge is 0.213 e. The largest absolute Gasteiger partial charge is 0.493 e. The molecule has 9 heteroatoms. The zero-order valence-electron chi connectivity index (χ0n) is 17.4. The highest BCUT2D eigenvalue weighted by Gasteiger charge is 2.13. The van der Waals surface area contributed by atoms with Crippen LogP contribution >= 0.6 is 24.0 Å². The summed E-state index contributed by atoms with van der Waals surface area (Å²) in [6.45, 7) is 3.73. The van der Waals surface area contributed by atoms with E-state index in [0.717, 1.165) is 17.8 Å². The third kappa shape index (κ3) is 7.15. The Kier molecular flexibility index (Phi) is 11.0. The Morgan fingerprint density at radius 2 is 1.66 bits per heavy atom. The summed E-state index contributed by atoms with van der Waals surface area (Å²) < 4.78 is 21.3. The number of nitrogens with one attached hydrogen (secondary N) is 2. The van der Waals surface area contributed by atoms with Crippen LogP contribution in [0, 0.1) is 0 Å². The minimum atomic E-state index is 0. The van der Waals surface area contributed by atoms with Crippen molar-refractivity contribution in [2.45, 2.75) is 20.0 Å². The lowest BCUT2D eigenvalue weighted by Crippen LogP contribution is -2.37. The molecule has 2 N–H and O–H groups in total. The molecule has 0 fully saturated rings. The Bertz CT molecular complexity index is 777. The van der Waals surface area contributed by atoms with Crippen LogP contribution in [0.4, 0.5) is 0 Å². The van der Waals surface area contributed by atoms with Gasteiger partial charge >= 0.3 is 0 Å². The van der Waals surface area contributed by atoms with Crippen LogP contribution in [0.1, 0.15) is 18.2 Å². The van der Waals surface area contributed by atoms with E-state index in [2.05, 4.69) is 20.6 Å². The van der Waals surface area contributed by atoms with Crippen LogP contribution < -0.4 is 29.6 Å². The fourth-order valence-electron chi connectivity index (χ4n) is 2.58. The summed E-state index contributed by atoms with van der Waals surface area (Å²) in [4.78, 5) is 9.02. The fourth-order valence-corrected chi connectivity index (χ4v) is 2.58. The van der Waals surface area contributed by atoms with Crippen LogP contribution in [0.25, 0.3) is 0 Å². The lowest BCUT2D eigenvalue weighted by Gasteiger charge is -2.14. The van der Waals surface area contributed by atoms with Crippen molar-refractivity contribution in [3.05, 3.63) is 41.6 Å². The monoisotopic (exact) mass is 516 g/mol. The van der Waals surface area contributed by atoms with Crippen molar-refractivity contribution in [1.29, 1.82) is 0 Å². The first kappa shape index (κ1) is 24.6. The molecule has 8 nitrogen and oxygen atoms in total. The Labute approximate surface area is 189 Å². The Morgan fingerprint density at radius 3 is 2.21 bits per heavy atom. The number of ether oxygens (including phenoxy) is 4. The molecule has 0 radical (unpaired) electrons. The van der Waals surface area contributed by atoms with Gasteiger partial charge in [0.1, 0.15) is 0 Å². The molecule has 1 heterocycles. The molecule has 0 saturated heterocycles. The molecular weight excluding hydrogens is 487 g/mol.